The molecule has 0 unspecified atom stereocenters. The highest BCUT2D eigenvalue weighted by Crippen LogP contribution is 2.20. The molecular formula is C11H13ClN4OS. The van der Waals surface area contributed by atoms with Crippen molar-refractivity contribution in [3.8, 4) is 0 Å². The number of hydrogen-bond donors (Lipinski definition) is 2. The summed E-state index contributed by atoms with van der Waals surface area (Å²) < 4.78 is 0. The molecule has 0 spiro atoms. The van der Waals surface area contributed by atoms with Gasteiger partial charge in [-0.15, -0.1) is 0 Å². The molecular weight excluding hydrogens is 272 g/mol. The van der Waals surface area contributed by atoms with Crippen LogP contribution in [-0.4, -0.2) is 15.0 Å². The van der Waals surface area contributed by atoms with Crippen LogP contribution in [0.5, 0.6) is 0 Å². The fourth-order valence-electron chi connectivity index (χ4n) is 1.44. The Morgan fingerprint density at radius 1 is 1.50 bits per heavy atom. The minimum atomic E-state index is -0.0570. The first-order valence-electron chi connectivity index (χ1n) is 5.53. The molecule has 2 rings (SSSR count). The van der Waals surface area contributed by atoms with Gasteiger partial charge in [0.2, 0.25) is 0 Å². The number of aryl methyl sites for hydroxylation is 1. The van der Waals surface area contributed by atoms with Gasteiger partial charge in [0, 0.05) is 23.1 Å². The number of hydrogen-bond acceptors (Lipinski definition) is 5. The van der Waals surface area contributed by atoms with E-state index in [9.17, 15) is 4.79 Å². The van der Waals surface area contributed by atoms with Crippen LogP contribution in [0.25, 0.3) is 0 Å². The summed E-state index contributed by atoms with van der Waals surface area (Å²) in [5.41, 5.74) is 1.64. The highest BCUT2D eigenvalue weighted by atomic mass is 35.5. The second-order valence-electron chi connectivity index (χ2n) is 3.78. The Morgan fingerprint density at radius 3 is 2.89 bits per heavy atom. The van der Waals surface area contributed by atoms with E-state index in [-0.39, 0.29) is 4.87 Å². The van der Waals surface area contributed by atoms with Gasteiger partial charge in [0.15, 0.2) is 0 Å². The van der Waals surface area contributed by atoms with Crippen molar-refractivity contribution in [2.75, 3.05) is 5.32 Å². The summed E-state index contributed by atoms with van der Waals surface area (Å²) in [6.45, 7) is 4.34. The molecule has 0 atom stereocenters. The molecule has 2 aromatic heterocycles. The van der Waals surface area contributed by atoms with Crippen molar-refractivity contribution in [1.29, 1.82) is 0 Å². The number of halogens is 1. The van der Waals surface area contributed by atoms with Crippen molar-refractivity contribution in [1.82, 2.24) is 15.0 Å². The average molecular weight is 285 g/mol. The summed E-state index contributed by atoms with van der Waals surface area (Å²) in [5, 5.41) is 5.41. The molecule has 0 aliphatic rings. The second kappa shape index (κ2) is 5.49. The SMILES string of the molecule is CCc1nc(Cl)c(C)c(NCc2csc(=O)[nH]2)n1. The molecule has 0 saturated heterocycles. The maximum Gasteiger partial charge on any atom is 0.304 e. The predicted octanol–water partition coefficient (Wildman–Crippen LogP) is 2.36. The molecule has 2 heterocycles. The normalized spacial score (nSPS) is 10.6. The van der Waals surface area contributed by atoms with Crippen LogP contribution in [-0.2, 0) is 13.0 Å². The molecule has 2 N–H and O–H groups in total. The van der Waals surface area contributed by atoms with Crippen molar-refractivity contribution in [3.05, 3.63) is 37.3 Å². The maximum absolute atomic E-state index is 11.0. The number of aromatic amines is 1. The summed E-state index contributed by atoms with van der Waals surface area (Å²) in [6, 6.07) is 0. The molecule has 5 nitrogen and oxygen atoms in total. The lowest BCUT2D eigenvalue weighted by Gasteiger charge is -2.10. The molecule has 0 saturated carbocycles. The molecule has 7 heteroatoms. The van der Waals surface area contributed by atoms with Crippen LogP contribution in [0.3, 0.4) is 0 Å². The Balaban J connectivity index is 2.18. The number of nitrogens with one attached hydrogen (secondary N) is 2. The lowest BCUT2D eigenvalue weighted by Crippen LogP contribution is -2.08. The molecule has 2 aromatic rings. The Hall–Kier alpha value is -1.40. The fourth-order valence-corrected chi connectivity index (χ4v) is 2.21. The fraction of sp³-hybridized carbons (Fsp3) is 0.364. The van der Waals surface area contributed by atoms with Crippen molar-refractivity contribution in [3.63, 3.8) is 0 Å². The number of H-pyrrole nitrogens is 1. The van der Waals surface area contributed by atoms with Crippen LogP contribution in [0.4, 0.5) is 5.82 Å². The van der Waals surface area contributed by atoms with Gasteiger partial charge >= 0.3 is 4.87 Å². The van der Waals surface area contributed by atoms with Crippen LogP contribution < -0.4 is 10.2 Å². The standard InChI is InChI=1S/C11H13ClN4OS/c1-3-8-15-9(12)6(2)10(16-8)13-4-7-5-18-11(17)14-7/h5H,3-4H2,1-2H3,(H,14,17)(H,13,15,16). The molecule has 0 aliphatic carbocycles. The van der Waals surface area contributed by atoms with Gasteiger partial charge in [0.25, 0.3) is 0 Å². The summed E-state index contributed by atoms with van der Waals surface area (Å²) in [4.78, 5) is 22.2. The van der Waals surface area contributed by atoms with Gasteiger partial charge in [-0.05, 0) is 6.92 Å². The van der Waals surface area contributed by atoms with Crippen molar-refractivity contribution in [2.24, 2.45) is 0 Å². The first-order valence-corrected chi connectivity index (χ1v) is 6.79. The van der Waals surface area contributed by atoms with Crippen LogP contribution in [0.1, 0.15) is 24.0 Å². The predicted molar refractivity (Wildman–Crippen MR) is 73.4 cm³/mol. The third-order valence-corrected chi connectivity index (χ3v) is 3.55. The molecule has 0 fully saturated rings. The lowest BCUT2D eigenvalue weighted by atomic mass is 10.3. The van der Waals surface area contributed by atoms with Crippen LogP contribution in [0.2, 0.25) is 5.15 Å². The smallest absolute Gasteiger partial charge is 0.304 e. The first-order chi connectivity index (χ1) is 8.60. The minimum absolute atomic E-state index is 0.0570. The van der Waals surface area contributed by atoms with Crippen molar-refractivity contribution in [2.45, 2.75) is 26.8 Å². The summed E-state index contributed by atoms with van der Waals surface area (Å²) in [6.07, 6.45) is 0.726. The van der Waals surface area contributed by atoms with E-state index >= 15 is 0 Å². The summed E-state index contributed by atoms with van der Waals surface area (Å²) in [5.74, 6) is 1.41. The maximum atomic E-state index is 11.0. The largest absolute Gasteiger partial charge is 0.364 e. The molecule has 0 aromatic carbocycles. The van der Waals surface area contributed by atoms with E-state index in [0.29, 0.717) is 23.3 Å². The number of aromatic nitrogens is 3. The first kappa shape index (κ1) is 13.0. The number of anilines is 1. The van der Waals surface area contributed by atoms with Crippen LogP contribution in [0, 0.1) is 6.92 Å². The zero-order valence-electron chi connectivity index (χ0n) is 10.1. The summed E-state index contributed by atoms with van der Waals surface area (Å²) in [7, 11) is 0. The lowest BCUT2D eigenvalue weighted by molar-refractivity contribution is 0.918. The van der Waals surface area contributed by atoms with Gasteiger partial charge in [0.05, 0.1) is 6.54 Å². The topological polar surface area (TPSA) is 70.7 Å². The highest BCUT2D eigenvalue weighted by molar-refractivity contribution is 7.07. The van der Waals surface area contributed by atoms with E-state index in [1.54, 1.807) is 5.38 Å². The molecule has 0 bridgehead atoms. The van der Waals surface area contributed by atoms with Crippen LogP contribution >= 0.6 is 22.9 Å². The molecule has 0 amide bonds. The van der Waals surface area contributed by atoms with E-state index in [1.807, 2.05) is 13.8 Å². The van der Waals surface area contributed by atoms with E-state index in [2.05, 4.69) is 20.3 Å². The third-order valence-electron chi connectivity index (χ3n) is 2.47. The van der Waals surface area contributed by atoms with Gasteiger partial charge in [0.1, 0.15) is 16.8 Å². The molecule has 96 valence electrons. The average Bonchev–Trinajstić information content (AvgIpc) is 2.77. The van der Waals surface area contributed by atoms with Gasteiger partial charge in [-0.25, -0.2) is 9.97 Å². The Kier molecular flexibility index (Phi) is 3.98. The Morgan fingerprint density at radius 2 is 2.28 bits per heavy atom. The quantitative estimate of drug-likeness (QED) is 0.846. The van der Waals surface area contributed by atoms with Gasteiger partial charge in [-0.2, -0.15) is 0 Å². The van der Waals surface area contributed by atoms with E-state index < -0.39 is 0 Å². The van der Waals surface area contributed by atoms with E-state index in [4.69, 9.17) is 11.6 Å². The van der Waals surface area contributed by atoms with Crippen LogP contribution in [0.15, 0.2) is 10.2 Å². The Labute approximate surface area is 113 Å². The molecule has 0 aliphatic heterocycles. The summed E-state index contributed by atoms with van der Waals surface area (Å²) >= 11 is 7.18. The monoisotopic (exact) mass is 284 g/mol. The van der Waals surface area contributed by atoms with E-state index in [0.717, 1.165) is 29.0 Å². The van der Waals surface area contributed by atoms with Crippen molar-refractivity contribution < 1.29 is 0 Å². The third kappa shape index (κ3) is 2.88. The number of thiazole rings is 1. The number of nitrogens with zero attached hydrogens (tertiary/aromatic N) is 2. The Bertz CT molecular complexity index is 607. The van der Waals surface area contributed by atoms with Crippen molar-refractivity contribution >= 4 is 28.8 Å². The number of rotatable bonds is 4. The van der Waals surface area contributed by atoms with Gasteiger partial charge < -0.3 is 10.3 Å². The van der Waals surface area contributed by atoms with Gasteiger partial charge in [-0.1, -0.05) is 29.9 Å². The zero-order chi connectivity index (χ0) is 13.1. The van der Waals surface area contributed by atoms with E-state index in [1.165, 1.54) is 0 Å². The van der Waals surface area contributed by atoms with Gasteiger partial charge in [-0.3, -0.25) is 4.79 Å². The zero-order valence-corrected chi connectivity index (χ0v) is 11.7. The second-order valence-corrected chi connectivity index (χ2v) is 4.98. The molecule has 18 heavy (non-hydrogen) atoms. The highest BCUT2D eigenvalue weighted by Gasteiger charge is 2.08. The molecule has 0 radical (unpaired) electrons. The minimum Gasteiger partial charge on any atom is -0.364 e.